The second-order valence-electron chi connectivity index (χ2n) is 1.08. The van der Waals surface area contributed by atoms with Gasteiger partial charge < -0.3 is 0 Å². The molecule has 0 amide bonds. The fourth-order valence-corrected chi connectivity index (χ4v) is 49.6. The van der Waals surface area contributed by atoms with Crippen LogP contribution < -0.4 is 0 Å². The van der Waals surface area contributed by atoms with E-state index >= 15 is 0 Å². The summed E-state index contributed by atoms with van der Waals surface area (Å²) in [7, 11) is 6.39. The van der Waals surface area contributed by atoms with Gasteiger partial charge in [-0.05, 0) is 18.3 Å². The van der Waals surface area contributed by atoms with E-state index in [0.717, 1.165) is 25.2 Å². The Morgan fingerprint density at radius 2 is 2.40 bits per heavy atom. The lowest BCUT2D eigenvalue weighted by Gasteiger charge is -1.68. The van der Waals surface area contributed by atoms with E-state index in [1.54, 1.807) is 9.76 Å². The smallest absolute Gasteiger partial charge is 0.00880 e. The molecule has 0 saturated heterocycles. The van der Waals surface area contributed by atoms with Gasteiger partial charge in [0.2, 0.25) is 0 Å². The molecule has 0 saturated carbocycles. The maximum absolute atomic E-state index is 2.25. The zero-order chi connectivity index (χ0) is 4.12. The van der Waals surface area contributed by atoms with Gasteiger partial charge in [-0.2, -0.15) is 0 Å². The van der Waals surface area contributed by atoms with E-state index in [1.807, 2.05) is 0 Å². The van der Waals surface area contributed by atoms with Gasteiger partial charge in [0.1, 0.15) is 0 Å². The molecule has 0 aliphatic rings. The Kier molecular flexibility index (Phi) is 6.19. The molecule has 5 heteroatoms. The lowest BCUT2D eigenvalue weighted by molar-refractivity contribution is 4.09. The number of hydrogen-bond acceptors (Lipinski definition) is 0. The van der Waals surface area contributed by atoms with Gasteiger partial charge in [-0.25, -0.2) is 0 Å². The molecule has 0 nitrogen and oxygen atoms in total. The Labute approximate surface area is 44.7 Å². The van der Waals surface area contributed by atoms with Crippen molar-refractivity contribution in [3.8, 4) is 0 Å². The maximum Gasteiger partial charge on any atom is 0.00880 e. The van der Waals surface area contributed by atoms with Crippen molar-refractivity contribution >= 4 is 44.3 Å². The normalized spacial score (nSPS) is 12.8. The van der Waals surface area contributed by atoms with Gasteiger partial charge in [0.25, 0.3) is 0 Å². The van der Waals surface area contributed by atoms with Crippen LogP contribution in [-0.2, 0) is 0 Å². The molecular formula is H10Si5. The van der Waals surface area contributed by atoms with Crippen molar-refractivity contribution in [2.45, 2.75) is 0 Å². The first-order valence-corrected chi connectivity index (χ1v) is 18.2. The van der Waals surface area contributed by atoms with E-state index in [0.29, 0.717) is 0 Å². The summed E-state index contributed by atoms with van der Waals surface area (Å²) in [4.78, 5) is 0. The molecule has 0 aliphatic carbocycles. The van der Waals surface area contributed by atoms with E-state index in [-0.39, 0.29) is 0 Å². The van der Waals surface area contributed by atoms with Crippen LogP contribution >= 0.6 is 0 Å². The van der Waals surface area contributed by atoms with E-state index in [2.05, 4.69) is 9.34 Å². The van der Waals surface area contributed by atoms with Gasteiger partial charge in [-0.3, -0.25) is 0 Å². The van der Waals surface area contributed by atoms with Crippen LogP contribution in [0.2, 0.25) is 0 Å². The van der Waals surface area contributed by atoms with Gasteiger partial charge in [0.05, 0.1) is 0 Å². The summed E-state index contributed by atoms with van der Waals surface area (Å²) >= 11 is 0. The summed E-state index contributed by atoms with van der Waals surface area (Å²) in [5.41, 5.74) is 0. The van der Waals surface area contributed by atoms with Gasteiger partial charge >= 0.3 is 0 Å². The lowest BCUT2D eigenvalue weighted by atomic mass is 26.4. The van der Waals surface area contributed by atoms with E-state index < -0.39 is 0 Å². The van der Waals surface area contributed by atoms with Gasteiger partial charge in [-0.15, -0.1) is 0 Å². The first-order chi connectivity index (χ1) is 2.41. The third kappa shape index (κ3) is 5.08. The molecule has 0 rings (SSSR count). The number of hydrogen-bond donors (Lipinski definition) is 0. The molecule has 0 aromatic carbocycles. The molecule has 0 fully saturated rings. The van der Waals surface area contributed by atoms with Gasteiger partial charge in [0.15, 0.2) is 0 Å². The minimum absolute atomic E-state index is 0.728. The maximum atomic E-state index is 2.25. The van der Waals surface area contributed by atoms with Crippen molar-refractivity contribution in [1.29, 1.82) is 0 Å². The van der Waals surface area contributed by atoms with Crippen LogP contribution in [-0.4, -0.2) is 44.3 Å². The highest BCUT2D eigenvalue weighted by atomic mass is 29.8. The molecule has 0 N–H and O–H groups in total. The molecule has 5 heavy (non-hydrogen) atoms. The van der Waals surface area contributed by atoms with Crippen LogP contribution in [0.3, 0.4) is 0 Å². The highest BCUT2D eigenvalue weighted by Crippen LogP contribution is 1.29. The predicted molar refractivity (Wildman–Crippen MR) is 42.7 cm³/mol. The highest BCUT2D eigenvalue weighted by Gasteiger charge is 1.66. The third-order valence-corrected chi connectivity index (χ3v) is 39.9. The van der Waals surface area contributed by atoms with Crippen LogP contribution in [0, 0.1) is 0 Å². The van der Waals surface area contributed by atoms with Gasteiger partial charge in [0, 0.05) is 8.55 Å². The quantitative estimate of drug-likeness (QED) is 0.348. The summed E-state index contributed by atoms with van der Waals surface area (Å²) in [5, 5.41) is 0. The van der Waals surface area contributed by atoms with Crippen molar-refractivity contribution in [2.24, 2.45) is 0 Å². The molecule has 0 unspecified atom stereocenters. The van der Waals surface area contributed by atoms with E-state index in [9.17, 15) is 0 Å². The zero-order valence-electron chi connectivity index (χ0n) is 3.70. The van der Waals surface area contributed by atoms with Crippen LogP contribution in [0.25, 0.3) is 0 Å². The van der Waals surface area contributed by atoms with Crippen LogP contribution in [0.4, 0.5) is 0 Å². The molecule has 30 valence electrons. The molecule has 0 aromatic rings. The van der Waals surface area contributed by atoms with Crippen molar-refractivity contribution in [2.75, 3.05) is 0 Å². The second kappa shape index (κ2) is 5.08. The summed E-state index contributed by atoms with van der Waals surface area (Å²) in [6.45, 7) is 0. The molecule has 0 heterocycles. The zero-order valence-corrected chi connectivity index (χ0v) is 11.1. The van der Waals surface area contributed by atoms with Crippen LogP contribution in [0.5, 0.6) is 0 Å². The van der Waals surface area contributed by atoms with Crippen LogP contribution in [0.15, 0.2) is 0 Å². The predicted octanol–water partition coefficient (Wildman–Crippen LogP) is -4.58. The number of rotatable bonds is 2. The Morgan fingerprint density at radius 1 is 1.80 bits per heavy atom. The van der Waals surface area contributed by atoms with Gasteiger partial charge in [-0.1, -0.05) is 17.5 Å². The Balaban J connectivity index is 2.40. The SMILES string of the molecule is [SiH2]=[SiH][SiH2][SiH2][SiH3]. The average Bonchev–Trinajstić information content (AvgIpc) is 1.41. The molecular weight excluding hydrogens is 140 g/mol. The summed E-state index contributed by atoms with van der Waals surface area (Å²) < 4.78 is 0. The van der Waals surface area contributed by atoms with Crippen molar-refractivity contribution < 1.29 is 0 Å². The first kappa shape index (κ1) is 6.08. The van der Waals surface area contributed by atoms with Crippen LogP contribution in [0.1, 0.15) is 0 Å². The molecule has 0 atom stereocenters. The standard InChI is InChI=1S/H10Si5/c1-3-5-4-2/h3H,1,4-5H2,2H3. The third-order valence-electron chi connectivity index (χ3n) is 0.493. The fraction of sp³-hybridized carbons (Fsp3) is 0. The first-order valence-electron chi connectivity index (χ1n) is 2.02. The molecule has 0 bridgehead atoms. The van der Waals surface area contributed by atoms with Crippen molar-refractivity contribution in [3.05, 3.63) is 0 Å². The summed E-state index contributed by atoms with van der Waals surface area (Å²) in [6, 6.07) is 0. The Bertz CT molecular complexity index is 21.2. The molecule has 0 aromatic heterocycles. The van der Waals surface area contributed by atoms with Crippen molar-refractivity contribution in [3.63, 3.8) is 0 Å². The topological polar surface area (TPSA) is 0 Å². The molecule has 0 spiro atoms. The Hall–Kier alpha value is 1.08. The molecule has 0 radical (unpaired) electrons. The highest BCUT2D eigenvalue weighted by molar-refractivity contribution is 7.42. The lowest BCUT2D eigenvalue weighted by Crippen LogP contribution is -2.05. The van der Waals surface area contributed by atoms with E-state index in [1.165, 1.54) is 0 Å². The second-order valence-corrected chi connectivity index (χ2v) is 29.1. The Morgan fingerprint density at radius 3 is 2.40 bits per heavy atom. The minimum atomic E-state index is 0.728. The monoisotopic (exact) mass is 150 g/mol. The molecule has 0 aliphatic heterocycles. The van der Waals surface area contributed by atoms with Crippen molar-refractivity contribution in [1.82, 2.24) is 0 Å². The summed E-state index contributed by atoms with van der Waals surface area (Å²) in [6.07, 6.45) is 0. The summed E-state index contributed by atoms with van der Waals surface area (Å²) in [5.74, 6) is 0. The average molecular weight is 151 g/mol. The largest absolute Gasteiger partial charge is 0.0541 e. The fourth-order valence-electron chi connectivity index (χ4n) is 0.204. The van der Waals surface area contributed by atoms with E-state index in [4.69, 9.17) is 0 Å². The minimum Gasteiger partial charge on any atom is -0.0541 e.